The third-order valence-electron chi connectivity index (χ3n) is 3.10. The molecule has 1 unspecified atom stereocenters. The van der Waals surface area contributed by atoms with E-state index in [0.717, 1.165) is 18.4 Å². The number of halogens is 1. The topological polar surface area (TPSA) is 38.3 Å². The molecule has 0 bridgehead atoms. The third kappa shape index (κ3) is 2.63. The lowest BCUT2D eigenvalue weighted by molar-refractivity contribution is -0.124. The van der Waals surface area contributed by atoms with Crippen molar-refractivity contribution in [1.82, 2.24) is 5.32 Å². The Morgan fingerprint density at radius 2 is 2.28 bits per heavy atom. The summed E-state index contributed by atoms with van der Waals surface area (Å²) in [7, 11) is 0. The lowest BCUT2D eigenvalue weighted by Crippen LogP contribution is -2.31. The second kappa shape index (κ2) is 5.38. The first kappa shape index (κ1) is 12.9. The zero-order chi connectivity index (χ0) is 13.1. The molecule has 1 N–H and O–H groups in total. The average Bonchev–Trinajstić information content (AvgIpc) is 2.53. The van der Waals surface area contributed by atoms with Crippen molar-refractivity contribution < 1.29 is 13.9 Å². The maximum atomic E-state index is 13.7. The summed E-state index contributed by atoms with van der Waals surface area (Å²) in [6.07, 6.45) is 1.58. The van der Waals surface area contributed by atoms with E-state index in [4.69, 9.17) is 4.74 Å². The van der Waals surface area contributed by atoms with Crippen molar-refractivity contribution in [3.63, 3.8) is 0 Å². The first-order chi connectivity index (χ1) is 8.59. The monoisotopic (exact) mass is 251 g/mol. The predicted octanol–water partition coefficient (Wildman–Crippen LogP) is 2.81. The minimum Gasteiger partial charge on any atom is -0.490 e. The van der Waals surface area contributed by atoms with Gasteiger partial charge in [-0.05, 0) is 18.9 Å². The molecular weight excluding hydrogens is 233 g/mol. The normalized spacial score (nSPS) is 18.8. The molecule has 1 aromatic rings. The molecule has 0 saturated carbocycles. The molecule has 2 rings (SSSR count). The van der Waals surface area contributed by atoms with Crippen LogP contribution in [0.3, 0.4) is 0 Å². The highest BCUT2D eigenvalue weighted by Crippen LogP contribution is 2.33. The van der Waals surface area contributed by atoms with Gasteiger partial charge in [0, 0.05) is 11.5 Å². The minimum absolute atomic E-state index is 0.0166. The zero-order valence-electron chi connectivity index (χ0n) is 10.7. The van der Waals surface area contributed by atoms with Gasteiger partial charge >= 0.3 is 0 Å². The molecule has 1 aliphatic rings. The van der Waals surface area contributed by atoms with Crippen LogP contribution in [0.5, 0.6) is 5.75 Å². The number of ether oxygens (including phenoxy) is 1. The number of para-hydroxylation sites is 1. The summed E-state index contributed by atoms with van der Waals surface area (Å²) in [4.78, 5) is 11.8. The average molecular weight is 251 g/mol. The van der Waals surface area contributed by atoms with Crippen molar-refractivity contribution in [2.45, 2.75) is 32.7 Å². The molecule has 0 fully saturated rings. The number of hydrogen-bond acceptors (Lipinski definition) is 2. The molecule has 1 heterocycles. The van der Waals surface area contributed by atoms with Gasteiger partial charge in [0.25, 0.3) is 0 Å². The van der Waals surface area contributed by atoms with Crippen LogP contribution in [0, 0.1) is 11.7 Å². The van der Waals surface area contributed by atoms with E-state index in [9.17, 15) is 9.18 Å². The van der Waals surface area contributed by atoms with E-state index in [1.807, 2.05) is 19.9 Å². The Morgan fingerprint density at radius 1 is 1.50 bits per heavy atom. The SMILES string of the molecule is CC(C)C(=O)NC1CCCOc2c(F)cccc21. The zero-order valence-corrected chi connectivity index (χ0v) is 10.7. The second-order valence-electron chi connectivity index (χ2n) is 4.86. The minimum atomic E-state index is -0.363. The van der Waals surface area contributed by atoms with Gasteiger partial charge in [-0.15, -0.1) is 0 Å². The Morgan fingerprint density at radius 3 is 3.00 bits per heavy atom. The third-order valence-corrected chi connectivity index (χ3v) is 3.10. The van der Waals surface area contributed by atoms with Gasteiger partial charge in [-0.1, -0.05) is 26.0 Å². The van der Waals surface area contributed by atoms with Crippen LogP contribution in [0.15, 0.2) is 18.2 Å². The largest absolute Gasteiger partial charge is 0.490 e. The van der Waals surface area contributed by atoms with Crippen LogP contribution in [0.4, 0.5) is 4.39 Å². The quantitative estimate of drug-likeness (QED) is 0.877. The molecule has 1 amide bonds. The van der Waals surface area contributed by atoms with Crippen LogP contribution < -0.4 is 10.1 Å². The molecule has 3 nitrogen and oxygen atoms in total. The highest BCUT2D eigenvalue weighted by Gasteiger charge is 2.24. The van der Waals surface area contributed by atoms with Gasteiger partial charge in [-0.25, -0.2) is 4.39 Å². The number of carbonyl (C=O) groups excluding carboxylic acids is 1. The van der Waals surface area contributed by atoms with Crippen LogP contribution in [-0.4, -0.2) is 12.5 Å². The standard InChI is InChI=1S/C14H18FNO2/c1-9(2)14(17)16-12-7-4-8-18-13-10(12)5-3-6-11(13)15/h3,5-6,9,12H,4,7-8H2,1-2H3,(H,16,17). The molecule has 1 aromatic carbocycles. The van der Waals surface area contributed by atoms with E-state index in [1.54, 1.807) is 6.07 Å². The highest BCUT2D eigenvalue weighted by atomic mass is 19.1. The Labute approximate surface area is 106 Å². The number of amides is 1. The maximum Gasteiger partial charge on any atom is 0.223 e. The summed E-state index contributed by atoms with van der Waals surface area (Å²) in [5.41, 5.74) is 0.738. The van der Waals surface area contributed by atoms with E-state index in [1.165, 1.54) is 6.07 Å². The lowest BCUT2D eigenvalue weighted by atomic mass is 10.0. The number of carbonyl (C=O) groups is 1. The van der Waals surface area contributed by atoms with Gasteiger partial charge in [0.1, 0.15) is 0 Å². The van der Waals surface area contributed by atoms with Crippen LogP contribution >= 0.6 is 0 Å². The van der Waals surface area contributed by atoms with E-state index >= 15 is 0 Å². The molecule has 0 radical (unpaired) electrons. The Kier molecular flexibility index (Phi) is 3.84. The predicted molar refractivity (Wildman–Crippen MR) is 66.9 cm³/mol. The van der Waals surface area contributed by atoms with E-state index in [2.05, 4.69) is 5.32 Å². The van der Waals surface area contributed by atoms with Crippen molar-refractivity contribution in [2.75, 3.05) is 6.61 Å². The van der Waals surface area contributed by atoms with Gasteiger partial charge in [0.05, 0.1) is 12.6 Å². The summed E-state index contributed by atoms with van der Waals surface area (Å²) >= 11 is 0. The first-order valence-corrected chi connectivity index (χ1v) is 6.31. The van der Waals surface area contributed by atoms with E-state index in [-0.39, 0.29) is 29.4 Å². The molecule has 4 heteroatoms. The van der Waals surface area contributed by atoms with Crippen molar-refractivity contribution >= 4 is 5.91 Å². The summed E-state index contributed by atoms with van der Waals surface area (Å²) < 4.78 is 19.1. The van der Waals surface area contributed by atoms with Crippen LogP contribution in [0.2, 0.25) is 0 Å². The number of hydrogen-bond donors (Lipinski definition) is 1. The van der Waals surface area contributed by atoms with Gasteiger partial charge in [0.15, 0.2) is 11.6 Å². The van der Waals surface area contributed by atoms with Crippen LogP contribution in [-0.2, 0) is 4.79 Å². The Balaban J connectivity index is 2.27. The smallest absolute Gasteiger partial charge is 0.223 e. The summed E-state index contributed by atoms with van der Waals surface area (Å²) in [6.45, 7) is 4.17. The van der Waals surface area contributed by atoms with E-state index in [0.29, 0.717) is 6.61 Å². The highest BCUT2D eigenvalue weighted by molar-refractivity contribution is 5.78. The van der Waals surface area contributed by atoms with Crippen molar-refractivity contribution in [3.05, 3.63) is 29.6 Å². The molecular formula is C14H18FNO2. The van der Waals surface area contributed by atoms with Gasteiger partial charge in [0.2, 0.25) is 5.91 Å². The lowest BCUT2D eigenvalue weighted by Gasteiger charge is -2.19. The molecule has 98 valence electrons. The Hall–Kier alpha value is -1.58. The van der Waals surface area contributed by atoms with Gasteiger partial charge in [-0.2, -0.15) is 0 Å². The second-order valence-corrected chi connectivity index (χ2v) is 4.86. The molecule has 0 aromatic heterocycles. The number of benzene rings is 1. The fourth-order valence-electron chi connectivity index (χ4n) is 2.06. The molecule has 1 atom stereocenters. The first-order valence-electron chi connectivity index (χ1n) is 6.31. The number of nitrogens with one attached hydrogen (secondary N) is 1. The number of rotatable bonds is 2. The van der Waals surface area contributed by atoms with Crippen LogP contribution in [0.25, 0.3) is 0 Å². The molecule has 0 saturated heterocycles. The maximum absolute atomic E-state index is 13.7. The van der Waals surface area contributed by atoms with Crippen molar-refractivity contribution in [1.29, 1.82) is 0 Å². The van der Waals surface area contributed by atoms with Gasteiger partial charge < -0.3 is 10.1 Å². The van der Waals surface area contributed by atoms with Gasteiger partial charge in [-0.3, -0.25) is 4.79 Å². The number of fused-ring (bicyclic) bond motifs is 1. The molecule has 0 aliphatic carbocycles. The molecule has 18 heavy (non-hydrogen) atoms. The van der Waals surface area contributed by atoms with E-state index < -0.39 is 0 Å². The fourth-order valence-corrected chi connectivity index (χ4v) is 2.06. The fraction of sp³-hybridized carbons (Fsp3) is 0.500. The summed E-state index contributed by atoms with van der Waals surface area (Å²) in [5, 5.41) is 2.96. The molecule has 0 spiro atoms. The summed E-state index contributed by atoms with van der Waals surface area (Å²) in [5.74, 6) is -0.175. The van der Waals surface area contributed by atoms with Crippen LogP contribution in [0.1, 0.15) is 38.3 Å². The summed E-state index contributed by atoms with van der Waals surface area (Å²) in [6, 6.07) is 4.69. The van der Waals surface area contributed by atoms with Crippen molar-refractivity contribution in [3.8, 4) is 5.75 Å². The van der Waals surface area contributed by atoms with Crippen molar-refractivity contribution in [2.24, 2.45) is 5.92 Å². The Bertz CT molecular complexity index is 445. The molecule has 1 aliphatic heterocycles.